The summed E-state index contributed by atoms with van der Waals surface area (Å²) in [6.45, 7) is 0. The smallest absolute Gasteiger partial charge is 0.364 e. The lowest BCUT2D eigenvalue weighted by atomic mass is 10.1. The van der Waals surface area contributed by atoms with Crippen molar-refractivity contribution in [3.8, 4) is 0 Å². The molecule has 1 aromatic carbocycles. The monoisotopic (exact) mass is 320 g/mol. The van der Waals surface area contributed by atoms with Crippen molar-refractivity contribution in [2.75, 3.05) is 0 Å². The van der Waals surface area contributed by atoms with Crippen molar-refractivity contribution >= 4 is 16.8 Å². The number of carbonyl (C=O) groups is 1. The van der Waals surface area contributed by atoms with Gasteiger partial charge in [0, 0.05) is 29.7 Å². The third-order valence-corrected chi connectivity index (χ3v) is 3.37. The summed E-state index contributed by atoms with van der Waals surface area (Å²) in [6, 6.07) is 5.88. The van der Waals surface area contributed by atoms with Crippen LogP contribution in [0, 0.1) is 0 Å². The van der Waals surface area contributed by atoms with Gasteiger partial charge in [0.1, 0.15) is 11.4 Å². The topological polar surface area (TPSA) is 84.7 Å². The number of nitrogens with two attached hydrogens (primary N) is 1. The number of amides is 1. The van der Waals surface area contributed by atoms with Gasteiger partial charge in [-0.2, -0.15) is 13.2 Å². The van der Waals surface area contributed by atoms with Crippen LogP contribution in [-0.2, 0) is 12.6 Å². The van der Waals surface area contributed by atoms with Gasteiger partial charge in [-0.25, -0.2) is 4.98 Å². The van der Waals surface area contributed by atoms with E-state index in [9.17, 15) is 18.0 Å². The zero-order valence-corrected chi connectivity index (χ0v) is 11.7. The summed E-state index contributed by atoms with van der Waals surface area (Å²) in [4.78, 5) is 21.6. The molecule has 2 aromatic heterocycles. The standard InChI is InChI=1S/C15H11F3N4O/c16-15(17,18)12-7-9-5-8(1-2-10(9)22-12)6-11-13(14(19)23)21-4-3-20-11/h1-5,7,22H,6H2,(H2,19,23). The fourth-order valence-electron chi connectivity index (χ4n) is 2.34. The van der Waals surface area contributed by atoms with Crippen LogP contribution >= 0.6 is 0 Å². The molecule has 0 bridgehead atoms. The highest BCUT2D eigenvalue weighted by molar-refractivity contribution is 5.92. The maximum Gasteiger partial charge on any atom is 0.431 e. The Balaban J connectivity index is 1.97. The molecule has 3 N–H and O–H groups in total. The quantitative estimate of drug-likeness (QED) is 0.778. The lowest BCUT2D eigenvalue weighted by Crippen LogP contribution is -2.17. The van der Waals surface area contributed by atoms with Crippen molar-refractivity contribution in [1.29, 1.82) is 0 Å². The van der Waals surface area contributed by atoms with Crippen LogP contribution in [0.15, 0.2) is 36.7 Å². The highest BCUT2D eigenvalue weighted by Crippen LogP contribution is 2.31. The first-order valence-corrected chi connectivity index (χ1v) is 6.63. The minimum atomic E-state index is -4.43. The largest absolute Gasteiger partial charge is 0.431 e. The molecule has 0 atom stereocenters. The molecule has 2 heterocycles. The molecule has 3 aromatic rings. The molecule has 0 saturated carbocycles. The number of nitrogens with one attached hydrogen (secondary N) is 1. The fourth-order valence-corrected chi connectivity index (χ4v) is 2.34. The van der Waals surface area contributed by atoms with Crippen molar-refractivity contribution in [3.63, 3.8) is 0 Å². The second-order valence-electron chi connectivity index (χ2n) is 5.00. The molecule has 23 heavy (non-hydrogen) atoms. The van der Waals surface area contributed by atoms with Gasteiger partial charge in [0.15, 0.2) is 0 Å². The van der Waals surface area contributed by atoms with E-state index in [1.54, 1.807) is 18.2 Å². The van der Waals surface area contributed by atoms with E-state index in [4.69, 9.17) is 5.73 Å². The van der Waals surface area contributed by atoms with Crippen LogP contribution in [0.5, 0.6) is 0 Å². The lowest BCUT2D eigenvalue weighted by Gasteiger charge is -2.04. The van der Waals surface area contributed by atoms with E-state index in [2.05, 4.69) is 15.0 Å². The number of fused-ring (bicyclic) bond motifs is 1. The summed E-state index contributed by atoms with van der Waals surface area (Å²) < 4.78 is 38.1. The number of halogens is 3. The highest BCUT2D eigenvalue weighted by Gasteiger charge is 2.32. The summed E-state index contributed by atoms with van der Waals surface area (Å²) in [7, 11) is 0. The number of benzene rings is 1. The molecule has 0 aliphatic heterocycles. The number of alkyl halides is 3. The summed E-state index contributed by atoms with van der Waals surface area (Å²) in [6.07, 6.45) is -1.40. The number of carbonyl (C=O) groups excluding carboxylic acids is 1. The Kier molecular flexibility index (Phi) is 3.51. The Bertz CT molecular complexity index is 886. The molecule has 5 nitrogen and oxygen atoms in total. The first-order valence-electron chi connectivity index (χ1n) is 6.63. The first-order chi connectivity index (χ1) is 10.8. The SMILES string of the molecule is NC(=O)c1nccnc1Cc1ccc2[nH]c(C(F)(F)F)cc2c1. The van der Waals surface area contributed by atoms with Gasteiger partial charge in [0.2, 0.25) is 0 Å². The molecule has 0 fully saturated rings. The van der Waals surface area contributed by atoms with Gasteiger partial charge in [-0.15, -0.1) is 0 Å². The van der Waals surface area contributed by atoms with Crippen molar-refractivity contribution in [2.24, 2.45) is 5.73 Å². The highest BCUT2D eigenvalue weighted by atomic mass is 19.4. The van der Waals surface area contributed by atoms with Crippen molar-refractivity contribution in [3.05, 3.63) is 59.3 Å². The first kappa shape index (κ1) is 15.0. The minimum Gasteiger partial charge on any atom is -0.364 e. The Morgan fingerprint density at radius 1 is 1.17 bits per heavy atom. The summed E-state index contributed by atoms with van der Waals surface area (Å²) in [5.74, 6) is -0.699. The molecule has 0 saturated heterocycles. The van der Waals surface area contributed by atoms with E-state index < -0.39 is 17.8 Å². The number of hydrogen-bond donors (Lipinski definition) is 2. The van der Waals surface area contributed by atoms with Gasteiger partial charge in [-0.05, 0) is 23.8 Å². The maximum atomic E-state index is 12.7. The predicted octanol–water partition coefficient (Wildman–Crippen LogP) is 2.67. The molecule has 8 heteroatoms. The number of rotatable bonds is 3. The van der Waals surface area contributed by atoms with E-state index in [1.165, 1.54) is 12.4 Å². The molecule has 3 rings (SSSR count). The minimum absolute atomic E-state index is 0.0534. The zero-order valence-electron chi connectivity index (χ0n) is 11.7. The molecular formula is C15H11F3N4O. The summed E-state index contributed by atoms with van der Waals surface area (Å²) >= 11 is 0. The molecule has 0 aliphatic carbocycles. The number of primary amides is 1. The van der Waals surface area contributed by atoms with Crippen molar-refractivity contribution < 1.29 is 18.0 Å². The molecule has 0 spiro atoms. The molecular weight excluding hydrogens is 309 g/mol. The van der Waals surface area contributed by atoms with Crippen LogP contribution in [0.3, 0.4) is 0 Å². The molecule has 0 radical (unpaired) electrons. The van der Waals surface area contributed by atoms with Crippen LogP contribution in [0.1, 0.15) is 27.4 Å². The van der Waals surface area contributed by atoms with Crippen LogP contribution < -0.4 is 5.73 Å². The van der Waals surface area contributed by atoms with Crippen LogP contribution in [0.2, 0.25) is 0 Å². The van der Waals surface area contributed by atoms with Crippen molar-refractivity contribution in [2.45, 2.75) is 12.6 Å². The van der Waals surface area contributed by atoms with E-state index >= 15 is 0 Å². The third-order valence-electron chi connectivity index (χ3n) is 3.37. The number of aromatic nitrogens is 3. The van der Waals surface area contributed by atoms with Gasteiger partial charge in [-0.1, -0.05) is 6.07 Å². The number of nitrogens with zero attached hydrogens (tertiary/aromatic N) is 2. The van der Waals surface area contributed by atoms with E-state index in [-0.39, 0.29) is 12.1 Å². The van der Waals surface area contributed by atoms with E-state index in [0.29, 0.717) is 22.2 Å². The van der Waals surface area contributed by atoms with E-state index in [1.807, 2.05) is 0 Å². The van der Waals surface area contributed by atoms with Crippen LogP contribution in [0.4, 0.5) is 13.2 Å². The molecule has 0 aliphatic rings. The fraction of sp³-hybridized carbons (Fsp3) is 0.133. The Labute approximate surface area is 128 Å². The van der Waals surface area contributed by atoms with Gasteiger partial charge in [-0.3, -0.25) is 9.78 Å². The molecule has 1 amide bonds. The summed E-state index contributed by atoms with van der Waals surface area (Å²) in [5.41, 5.74) is 5.96. The third kappa shape index (κ3) is 3.01. The van der Waals surface area contributed by atoms with Gasteiger partial charge >= 0.3 is 6.18 Å². The number of hydrogen-bond acceptors (Lipinski definition) is 3. The van der Waals surface area contributed by atoms with E-state index in [0.717, 1.165) is 6.07 Å². The average molecular weight is 320 g/mol. The summed E-state index contributed by atoms with van der Waals surface area (Å²) in [5, 5.41) is 0.430. The average Bonchev–Trinajstić information content (AvgIpc) is 2.91. The Hall–Kier alpha value is -2.90. The van der Waals surface area contributed by atoms with Crippen molar-refractivity contribution in [1.82, 2.24) is 15.0 Å². The van der Waals surface area contributed by atoms with Crippen LogP contribution in [0.25, 0.3) is 10.9 Å². The number of H-pyrrole nitrogens is 1. The normalized spacial score (nSPS) is 11.8. The second kappa shape index (κ2) is 5.38. The maximum absolute atomic E-state index is 12.7. The van der Waals surface area contributed by atoms with Gasteiger partial charge in [0.05, 0.1) is 5.69 Å². The molecule has 118 valence electrons. The lowest BCUT2D eigenvalue weighted by molar-refractivity contribution is -0.140. The second-order valence-corrected chi connectivity index (χ2v) is 5.00. The van der Waals surface area contributed by atoms with Gasteiger partial charge < -0.3 is 10.7 Å². The predicted molar refractivity (Wildman–Crippen MR) is 76.7 cm³/mol. The zero-order chi connectivity index (χ0) is 16.6. The molecule has 0 unspecified atom stereocenters. The number of aromatic amines is 1. The van der Waals surface area contributed by atoms with Gasteiger partial charge in [0.25, 0.3) is 5.91 Å². The Morgan fingerprint density at radius 2 is 1.91 bits per heavy atom. The van der Waals surface area contributed by atoms with Crippen LogP contribution in [-0.4, -0.2) is 20.9 Å². The Morgan fingerprint density at radius 3 is 2.61 bits per heavy atom.